The quantitative estimate of drug-likeness (QED) is 0.784. The van der Waals surface area contributed by atoms with Gasteiger partial charge in [-0.2, -0.15) is 0 Å². The lowest BCUT2D eigenvalue weighted by atomic mass is 9.99. The highest BCUT2D eigenvalue weighted by atomic mass is 35.5. The van der Waals surface area contributed by atoms with E-state index in [1.54, 1.807) is 0 Å². The van der Waals surface area contributed by atoms with Crippen molar-refractivity contribution in [3.63, 3.8) is 0 Å². The zero-order valence-electron chi connectivity index (χ0n) is 14.9. The Morgan fingerprint density at radius 3 is 2.59 bits per heavy atom. The van der Waals surface area contributed by atoms with Gasteiger partial charge in [0, 0.05) is 27.9 Å². The Hall–Kier alpha value is -1.54. The van der Waals surface area contributed by atoms with Crippen LogP contribution < -0.4 is 5.32 Å². The van der Waals surface area contributed by atoms with Gasteiger partial charge in [-0.15, -0.1) is 0 Å². The summed E-state index contributed by atoms with van der Waals surface area (Å²) < 4.78 is 24.9. The van der Waals surface area contributed by atoms with Crippen molar-refractivity contribution in [2.75, 3.05) is 24.7 Å². The van der Waals surface area contributed by atoms with Crippen molar-refractivity contribution in [3.8, 4) is 0 Å². The molecule has 0 aliphatic carbocycles. The number of carbonyl (C=O) groups excluding carboxylic acids is 1. The molecule has 2 aromatic carbocycles. The van der Waals surface area contributed by atoms with Crippen LogP contribution in [0.25, 0.3) is 0 Å². The van der Waals surface area contributed by atoms with E-state index in [1.807, 2.05) is 48.5 Å². The molecule has 1 saturated heterocycles. The number of piperidine rings is 1. The Bertz CT molecular complexity index is 917. The van der Waals surface area contributed by atoms with Crippen LogP contribution >= 0.6 is 23.4 Å². The molecule has 8 heteroatoms. The van der Waals surface area contributed by atoms with E-state index in [4.69, 9.17) is 11.6 Å². The highest BCUT2D eigenvalue weighted by Crippen LogP contribution is 2.34. The first kappa shape index (κ1) is 20.2. The molecule has 1 unspecified atom stereocenters. The summed E-state index contributed by atoms with van der Waals surface area (Å²) in [6.07, 6.45) is 2.56. The summed E-state index contributed by atoms with van der Waals surface area (Å²) in [4.78, 5) is 14.7. The zero-order valence-corrected chi connectivity index (χ0v) is 17.3. The first-order valence-corrected chi connectivity index (χ1v) is 11.7. The number of hydrogen-bond acceptors (Lipinski definition) is 4. The maximum Gasteiger partial charge on any atom is 0.228 e. The number of nitrogens with zero attached hydrogens (tertiary/aromatic N) is 1. The number of halogens is 1. The van der Waals surface area contributed by atoms with Crippen molar-refractivity contribution in [1.82, 2.24) is 4.31 Å². The average Bonchev–Trinajstić information content (AvgIpc) is 2.64. The van der Waals surface area contributed by atoms with E-state index in [1.165, 1.54) is 22.3 Å². The van der Waals surface area contributed by atoms with E-state index in [2.05, 4.69) is 5.32 Å². The van der Waals surface area contributed by atoms with E-state index in [0.717, 1.165) is 15.5 Å². The van der Waals surface area contributed by atoms with Gasteiger partial charge in [0.25, 0.3) is 0 Å². The first-order chi connectivity index (χ1) is 12.8. The minimum Gasteiger partial charge on any atom is -0.325 e. The van der Waals surface area contributed by atoms with Gasteiger partial charge >= 0.3 is 0 Å². The molecule has 1 heterocycles. The lowest BCUT2D eigenvalue weighted by molar-refractivity contribution is -0.120. The molecular formula is C19H21ClN2O3S2. The summed E-state index contributed by atoms with van der Waals surface area (Å²) in [7, 11) is -3.28. The summed E-state index contributed by atoms with van der Waals surface area (Å²) in [6, 6.07) is 15.1. The third-order valence-electron chi connectivity index (χ3n) is 4.41. The molecule has 0 bridgehead atoms. The van der Waals surface area contributed by atoms with Gasteiger partial charge in [0.2, 0.25) is 15.9 Å². The Labute approximate surface area is 169 Å². The van der Waals surface area contributed by atoms with E-state index >= 15 is 0 Å². The normalized spacial score (nSPS) is 18.2. The van der Waals surface area contributed by atoms with Crippen molar-refractivity contribution in [1.29, 1.82) is 0 Å². The third-order valence-corrected chi connectivity index (χ3v) is 7.02. The van der Waals surface area contributed by atoms with Crippen molar-refractivity contribution >= 4 is 45.0 Å². The molecule has 0 spiro atoms. The fourth-order valence-corrected chi connectivity index (χ4v) is 4.92. The molecule has 27 heavy (non-hydrogen) atoms. The molecule has 5 nitrogen and oxygen atoms in total. The molecule has 0 aromatic heterocycles. The second-order valence-electron chi connectivity index (χ2n) is 6.50. The minimum absolute atomic E-state index is 0.146. The molecule has 0 radical (unpaired) electrons. The summed E-state index contributed by atoms with van der Waals surface area (Å²) in [5.74, 6) is -0.491. The lowest BCUT2D eigenvalue weighted by Crippen LogP contribution is -2.43. The predicted molar refractivity (Wildman–Crippen MR) is 110 cm³/mol. The summed E-state index contributed by atoms with van der Waals surface area (Å²) in [5.41, 5.74) is 0.721. The van der Waals surface area contributed by atoms with Crippen LogP contribution in [0.1, 0.15) is 12.8 Å². The van der Waals surface area contributed by atoms with Crippen LogP contribution in [0.3, 0.4) is 0 Å². The summed E-state index contributed by atoms with van der Waals surface area (Å²) in [5, 5.41) is 3.65. The van der Waals surface area contributed by atoms with Crippen molar-refractivity contribution in [2.45, 2.75) is 22.6 Å². The van der Waals surface area contributed by atoms with Crippen molar-refractivity contribution in [3.05, 3.63) is 53.6 Å². The fraction of sp³-hybridized carbons (Fsp3) is 0.316. The number of benzene rings is 2. The van der Waals surface area contributed by atoms with Gasteiger partial charge in [-0.1, -0.05) is 35.5 Å². The first-order valence-electron chi connectivity index (χ1n) is 8.61. The summed E-state index contributed by atoms with van der Waals surface area (Å²) in [6.45, 7) is 0.711. The SMILES string of the molecule is CS(=O)(=O)N1CCCC(C(=O)Nc2ccccc2Sc2ccc(Cl)cc2)C1. The number of hydrogen-bond donors (Lipinski definition) is 1. The van der Waals surface area contributed by atoms with Crippen molar-refractivity contribution < 1.29 is 13.2 Å². The van der Waals surface area contributed by atoms with Gasteiger partial charge < -0.3 is 5.32 Å². The van der Waals surface area contributed by atoms with Gasteiger partial charge in [-0.3, -0.25) is 4.79 Å². The molecule has 1 N–H and O–H groups in total. The molecule has 1 fully saturated rings. The monoisotopic (exact) mass is 424 g/mol. The molecule has 1 atom stereocenters. The molecule has 1 aliphatic rings. The number of amides is 1. The van der Waals surface area contributed by atoms with Crippen LogP contribution in [0.2, 0.25) is 5.02 Å². The van der Waals surface area contributed by atoms with Crippen LogP contribution in [-0.2, 0) is 14.8 Å². The number of carbonyl (C=O) groups is 1. The van der Waals surface area contributed by atoms with Gasteiger partial charge in [0.15, 0.2) is 0 Å². The standard InChI is InChI=1S/C19H21ClN2O3S2/c1-27(24,25)22-12-4-5-14(13-22)19(23)21-17-6-2-3-7-18(17)26-16-10-8-15(20)9-11-16/h2-3,6-11,14H,4-5,12-13H2,1H3,(H,21,23). The van der Waals surface area contributed by atoms with Gasteiger partial charge in [0.1, 0.15) is 0 Å². The maximum absolute atomic E-state index is 12.7. The van der Waals surface area contributed by atoms with Gasteiger partial charge in [-0.25, -0.2) is 12.7 Å². The largest absolute Gasteiger partial charge is 0.325 e. The Balaban J connectivity index is 1.72. The summed E-state index contributed by atoms with van der Waals surface area (Å²) >= 11 is 7.47. The molecular weight excluding hydrogens is 404 g/mol. The molecule has 144 valence electrons. The van der Waals surface area contributed by atoms with Gasteiger partial charge in [0.05, 0.1) is 17.9 Å². The van der Waals surface area contributed by atoms with E-state index in [0.29, 0.717) is 24.4 Å². The highest BCUT2D eigenvalue weighted by molar-refractivity contribution is 7.99. The molecule has 2 aromatic rings. The second kappa shape index (κ2) is 8.65. The average molecular weight is 425 g/mol. The van der Waals surface area contributed by atoms with Crippen LogP contribution in [0.15, 0.2) is 58.3 Å². The van der Waals surface area contributed by atoms with Crippen LogP contribution in [0.4, 0.5) is 5.69 Å². The number of anilines is 1. The Morgan fingerprint density at radius 2 is 1.89 bits per heavy atom. The topological polar surface area (TPSA) is 66.5 Å². The number of para-hydroxylation sites is 1. The molecule has 3 rings (SSSR count). The highest BCUT2D eigenvalue weighted by Gasteiger charge is 2.30. The Kier molecular flexibility index (Phi) is 6.47. The predicted octanol–water partition coefficient (Wildman–Crippen LogP) is 4.10. The smallest absolute Gasteiger partial charge is 0.228 e. The zero-order chi connectivity index (χ0) is 19.4. The molecule has 0 saturated carbocycles. The van der Waals surface area contributed by atoms with Crippen LogP contribution in [0.5, 0.6) is 0 Å². The van der Waals surface area contributed by atoms with Gasteiger partial charge in [-0.05, 0) is 49.2 Å². The fourth-order valence-electron chi connectivity index (χ4n) is 2.98. The lowest BCUT2D eigenvalue weighted by Gasteiger charge is -2.30. The van der Waals surface area contributed by atoms with E-state index in [-0.39, 0.29) is 18.4 Å². The van der Waals surface area contributed by atoms with E-state index < -0.39 is 10.0 Å². The van der Waals surface area contributed by atoms with Crippen LogP contribution in [0, 0.1) is 5.92 Å². The van der Waals surface area contributed by atoms with Crippen LogP contribution in [-0.4, -0.2) is 38.0 Å². The third kappa shape index (κ3) is 5.48. The number of sulfonamides is 1. The maximum atomic E-state index is 12.7. The minimum atomic E-state index is -3.28. The van der Waals surface area contributed by atoms with Crippen molar-refractivity contribution in [2.24, 2.45) is 5.92 Å². The molecule has 1 aliphatic heterocycles. The number of nitrogens with one attached hydrogen (secondary N) is 1. The molecule has 1 amide bonds. The Morgan fingerprint density at radius 1 is 1.19 bits per heavy atom. The second-order valence-corrected chi connectivity index (χ2v) is 10.0. The van der Waals surface area contributed by atoms with E-state index in [9.17, 15) is 13.2 Å². The number of rotatable bonds is 5.